The fraction of sp³-hybridized carbons (Fsp3) is 0.120. The number of para-hydroxylation sites is 3. The number of nitrogens with zero attached hydrogens (tertiary/aromatic N) is 1. The van der Waals surface area contributed by atoms with Crippen molar-refractivity contribution in [2.45, 2.75) is 19.3 Å². The number of H-pyrrole nitrogens is 1. The van der Waals surface area contributed by atoms with Crippen molar-refractivity contribution in [3.63, 3.8) is 0 Å². The Bertz CT molecular complexity index is 1300. The number of aromatic nitrogens is 2. The summed E-state index contributed by atoms with van der Waals surface area (Å²) in [4.78, 5) is 3.74. The molecule has 0 radical (unpaired) electrons. The van der Waals surface area contributed by atoms with E-state index in [0.717, 1.165) is 6.42 Å². The van der Waals surface area contributed by atoms with Crippen LogP contribution in [0.3, 0.4) is 0 Å². The molecule has 0 saturated carbocycles. The van der Waals surface area contributed by atoms with E-state index in [1.54, 1.807) is 0 Å². The minimum absolute atomic E-state index is 0.458. The summed E-state index contributed by atoms with van der Waals surface area (Å²) in [6.07, 6.45) is 1.06. The zero-order valence-electron chi connectivity index (χ0n) is 15.2. The molecule has 0 saturated heterocycles. The summed E-state index contributed by atoms with van der Waals surface area (Å²) >= 11 is 0. The van der Waals surface area contributed by atoms with Crippen LogP contribution in [-0.2, 0) is 6.42 Å². The molecule has 2 aromatic heterocycles. The molecule has 0 aliphatic heterocycles. The highest BCUT2D eigenvalue weighted by molar-refractivity contribution is 6.04. The zero-order valence-corrected chi connectivity index (χ0v) is 15.2. The monoisotopic (exact) mass is 348 g/mol. The highest BCUT2D eigenvalue weighted by Gasteiger charge is 2.31. The Balaban J connectivity index is 1.79. The lowest BCUT2D eigenvalue weighted by Crippen LogP contribution is -2.11. The first-order chi connectivity index (χ1) is 13.3. The van der Waals surface area contributed by atoms with E-state index in [1.807, 2.05) is 0 Å². The number of hydrogen-bond donors (Lipinski definition) is 1. The first-order valence-electron chi connectivity index (χ1n) is 9.61. The van der Waals surface area contributed by atoms with Crippen LogP contribution in [0, 0.1) is 0 Å². The molecular formula is C25H20N2. The highest BCUT2D eigenvalue weighted by Crippen LogP contribution is 2.48. The van der Waals surface area contributed by atoms with Crippen molar-refractivity contribution in [1.82, 2.24) is 9.55 Å². The number of rotatable bonds is 1. The number of fused-ring (bicyclic) bond motifs is 7. The van der Waals surface area contributed by atoms with Crippen molar-refractivity contribution in [2.24, 2.45) is 0 Å². The Morgan fingerprint density at radius 2 is 1.52 bits per heavy atom. The Morgan fingerprint density at radius 3 is 2.37 bits per heavy atom. The first-order valence-corrected chi connectivity index (χ1v) is 9.61. The van der Waals surface area contributed by atoms with Gasteiger partial charge in [0.2, 0.25) is 0 Å². The molecule has 0 fully saturated rings. The average molecular weight is 348 g/mol. The second-order valence-electron chi connectivity index (χ2n) is 7.58. The van der Waals surface area contributed by atoms with Crippen molar-refractivity contribution in [1.29, 1.82) is 0 Å². The van der Waals surface area contributed by atoms with Crippen LogP contribution in [0.5, 0.6) is 0 Å². The lowest BCUT2D eigenvalue weighted by molar-refractivity contribution is 0.709. The SMILES string of the molecule is CC1Cc2c([nH]c3ccccc23)-c2c1n(-c1ccccc1)c1ccccc21. The largest absolute Gasteiger partial charge is 0.354 e. The Kier molecular flexibility index (Phi) is 2.96. The minimum atomic E-state index is 0.458. The molecule has 2 heterocycles. The topological polar surface area (TPSA) is 20.7 Å². The molecule has 1 unspecified atom stereocenters. The predicted octanol–water partition coefficient (Wildman–Crippen LogP) is 6.44. The highest BCUT2D eigenvalue weighted by atomic mass is 15.0. The van der Waals surface area contributed by atoms with Gasteiger partial charge in [-0.15, -0.1) is 0 Å². The molecule has 1 aliphatic carbocycles. The van der Waals surface area contributed by atoms with Gasteiger partial charge in [0.05, 0.1) is 11.2 Å². The van der Waals surface area contributed by atoms with E-state index < -0.39 is 0 Å². The molecule has 1 N–H and O–H groups in total. The normalized spacial score (nSPS) is 15.8. The van der Waals surface area contributed by atoms with E-state index in [9.17, 15) is 0 Å². The van der Waals surface area contributed by atoms with Crippen molar-refractivity contribution < 1.29 is 0 Å². The molecule has 27 heavy (non-hydrogen) atoms. The van der Waals surface area contributed by atoms with Crippen LogP contribution in [0.4, 0.5) is 0 Å². The molecule has 1 atom stereocenters. The molecule has 2 nitrogen and oxygen atoms in total. The van der Waals surface area contributed by atoms with E-state index in [0.29, 0.717) is 5.92 Å². The van der Waals surface area contributed by atoms with Crippen molar-refractivity contribution in [3.8, 4) is 16.9 Å². The molecule has 5 aromatic rings. The van der Waals surface area contributed by atoms with Crippen LogP contribution < -0.4 is 0 Å². The van der Waals surface area contributed by atoms with E-state index in [4.69, 9.17) is 0 Å². The third-order valence-corrected chi connectivity index (χ3v) is 5.97. The van der Waals surface area contributed by atoms with Crippen LogP contribution in [0.2, 0.25) is 0 Å². The summed E-state index contributed by atoms with van der Waals surface area (Å²) in [5.41, 5.74) is 9.31. The third kappa shape index (κ3) is 1.95. The first kappa shape index (κ1) is 14.9. The summed E-state index contributed by atoms with van der Waals surface area (Å²) in [5, 5.41) is 2.69. The van der Waals surface area contributed by atoms with E-state index in [1.165, 1.54) is 50.0 Å². The zero-order chi connectivity index (χ0) is 18.0. The lowest BCUT2D eigenvalue weighted by atomic mass is 9.85. The van der Waals surface area contributed by atoms with E-state index >= 15 is 0 Å². The van der Waals surface area contributed by atoms with Gasteiger partial charge in [0.1, 0.15) is 0 Å². The predicted molar refractivity (Wildman–Crippen MR) is 113 cm³/mol. The van der Waals surface area contributed by atoms with E-state index in [2.05, 4.69) is 95.3 Å². The van der Waals surface area contributed by atoms with Gasteiger partial charge < -0.3 is 9.55 Å². The number of nitrogens with one attached hydrogen (secondary N) is 1. The van der Waals surface area contributed by atoms with Gasteiger partial charge in [-0.05, 0) is 36.2 Å². The van der Waals surface area contributed by atoms with Crippen molar-refractivity contribution in [2.75, 3.05) is 0 Å². The maximum atomic E-state index is 3.74. The molecule has 6 rings (SSSR count). The molecule has 3 aromatic carbocycles. The van der Waals surface area contributed by atoms with Crippen molar-refractivity contribution in [3.05, 3.63) is 90.1 Å². The Labute approximate surface area is 158 Å². The molecular weight excluding hydrogens is 328 g/mol. The fourth-order valence-electron chi connectivity index (χ4n) is 4.87. The van der Waals surface area contributed by atoms with Gasteiger partial charge >= 0.3 is 0 Å². The van der Waals surface area contributed by atoms with Crippen LogP contribution in [0.25, 0.3) is 38.8 Å². The van der Waals surface area contributed by atoms with Crippen LogP contribution in [0.1, 0.15) is 24.1 Å². The minimum Gasteiger partial charge on any atom is -0.354 e. The molecule has 0 bridgehead atoms. The van der Waals surface area contributed by atoms with Crippen LogP contribution in [0.15, 0.2) is 78.9 Å². The summed E-state index contributed by atoms with van der Waals surface area (Å²) in [6.45, 7) is 2.36. The lowest BCUT2D eigenvalue weighted by Gasteiger charge is -2.23. The maximum absolute atomic E-state index is 3.74. The number of benzene rings is 3. The van der Waals surface area contributed by atoms with Crippen LogP contribution in [-0.4, -0.2) is 9.55 Å². The standard InChI is InChI=1S/C25H20N2/c1-16-15-20-18-11-5-7-13-21(18)26-24(20)23-19-12-6-8-14-22(19)27(25(16)23)17-9-3-2-4-10-17/h2-14,16,26H,15H2,1H3. The number of aromatic amines is 1. The summed E-state index contributed by atoms with van der Waals surface area (Å²) < 4.78 is 2.46. The second-order valence-corrected chi connectivity index (χ2v) is 7.58. The average Bonchev–Trinajstić information content (AvgIpc) is 3.25. The smallest absolute Gasteiger partial charge is 0.0538 e. The van der Waals surface area contributed by atoms with Gasteiger partial charge in [0.25, 0.3) is 0 Å². The van der Waals surface area contributed by atoms with Gasteiger partial charge in [-0.1, -0.05) is 61.5 Å². The van der Waals surface area contributed by atoms with Crippen LogP contribution >= 0.6 is 0 Å². The molecule has 1 aliphatic rings. The number of hydrogen-bond acceptors (Lipinski definition) is 0. The summed E-state index contributed by atoms with van der Waals surface area (Å²) in [7, 11) is 0. The molecule has 0 spiro atoms. The van der Waals surface area contributed by atoms with E-state index in [-0.39, 0.29) is 0 Å². The Morgan fingerprint density at radius 1 is 0.815 bits per heavy atom. The fourth-order valence-corrected chi connectivity index (χ4v) is 4.87. The van der Waals surface area contributed by atoms with Gasteiger partial charge in [-0.25, -0.2) is 0 Å². The van der Waals surface area contributed by atoms with Gasteiger partial charge in [-0.3, -0.25) is 0 Å². The van der Waals surface area contributed by atoms with Gasteiger partial charge in [0.15, 0.2) is 0 Å². The van der Waals surface area contributed by atoms with Gasteiger partial charge in [0, 0.05) is 39.2 Å². The summed E-state index contributed by atoms with van der Waals surface area (Å²) in [6, 6.07) is 28.2. The second kappa shape index (κ2) is 5.37. The summed E-state index contributed by atoms with van der Waals surface area (Å²) in [5.74, 6) is 0.458. The Hall–Kier alpha value is -3.26. The maximum Gasteiger partial charge on any atom is 0.0538 e. The third-order valence-electron chi connectivity index (χ3n) is 5.97. The van der Waals surface area contributed by atoms with Gasteiger partial charge in [-0.2, -0.15) is 0 Å². The molecule has 0 amide bonds. The van der Waals surface area contributed by atoms with Crippen molar-refractivity contribution >= 4 is 21.8 Å². The molecule has 2 heteroatoms. The quantitative estimate of drug-likeness (QED) is 0.360. The molecule has 130 valence electrons.